The number of carbonyl (C=O) groups excluding carboxylic acids is 1. The fourth-order valence-corrected chi connectivity index (χ4v) is 3.92. The van der Waals surface area contributed by atoms with E-state index in [4.69, 9.17) is 0 Å². The molecular formula is C19H23N3OS. The molecule has 0 saturated carbocycles. The van der Waals surface area contributed by atoms with Gasteiger partial charge in [-0.05, 0) is 57.1 Å². The van der Waals surface area contributed by atoms with Crippen molar-refractivity contribution >= 4 is 23.4 Å². The molecule has 2 aromatic rings. The number of aromatic nitrogens is 2. The Hall–Kier alpha value is -1.88. The van der Waals surface area contributed by atoms with Crippen molar-refractivity contribution in [3.8, 4) is 0 Å². The summed E-state index contributed by atoms with van der Waals surface area (Å²) in [5.41, 5.74) is 5.39. The molecule has 1 aliphatic rings. The molecular weight excluding hydrogens is 318 g/mol. The lowest BCUT2D eigenvalue weighted by Crippen LogP contribution is -2.35. The van der Waals surface area contributed by atoms with Crippen LogP contribution in [0.15, 0.2) is 29.4 Å². The molecule has 0 radical (unpaired) electrons. The maximum absolute atomic E-state index is 12.8. The molecule has 5 heteroatoms. The van der Waals surface area contributed by atoms with Crippen molar-refractivity contribution in [1.82, 2.24) is 9.97 Å². The second-order valence-electron chi connectivity index (χ2n) is 6.31. The van der Waals surface area contributed by atoms with Crippen molar-refractivity contribution in [2.45, 2.75) is 51.2 Å². The topological polar surface area (TPSA) is 46.1 Å². The summed E-state index contributed by atoms with van der Waals surface area (Å²) in [7, 11) is 0. The van der Waals surface area contributed by atoms with Crippen molar-refractivity contribution < 1.29 is 4.79 Å². The zero-order valence-corrected chi connectivity index (χ0v) is 15.5. The monoisotopic (exact) mass is 341 g/mol. The van der Waals surface area contributed by atoms with Crippen LogP contribution in [0.3, 0.4) is 0 Å². The number of rotatable bonds is 4. The Labute approximate surface area is 147 Å². The van der Waals surface area contributed by atoms with Crippen LogP contribution in [0.4, 0.5) is 5.69 Å². The molecule has 1 atom stereocenters. The number of hydrogen-bond acceptors (Lipinski definition) is 4. The summed E-state index contributed by atoms with van der Waals surface area (Å²) >= 11 is 1.55. The second-order valence-corrected chi connectivity index (χ2v) is 7.08. The fourth-order valence-electron chi connectivity index (χ4n) is 3.46. The maximum Gasteiger partial charge on any atom is 0.227 e. The van der Waals surface area contributed by atoms with Gasteiger partial charge in [-0.1, -0.05) is 30.0 Å². The van der Waals surface area contributed by atoms with E-state index >= 15 is 0 Å². The molecule has 2 heterocycles. The molecule has 0 bridgehead atoms. The predicted molar refractivity (Wildman–Crippen MR) is 98.7 cm³/mol. The number of hydrogen-bond donors (Lipinski definition) is 0. The van der Waals surface area contributed by atoms with Crippen LogP contribution in [-0.2, 0) is 17.6 Å². The lowest BCUT2D eigenvalue weighted by Gasteiger charge is -2.23. The highest BCUT2D eigenvalue weighted by molar-refractivity contribution is 7.98. The van der Waals surface area contributed by atoms with Gasteiger partial charge in [0.2, 0.25) is 5.91 Å². The number of fused-ring (bicyclic) bond motifs is 1. The average Bonchev–Trinajstić information content (AvgIpc) is 2.89. The first kappa shape index (κ1) is 17.0. The molecule has 0 spiro atoms. The van der Waals surface area contributed by atoms with Gasteiger partial charge in [0.1, 0.15) is 0 Å². The van der Waals surface area contributed by atoms with Gasteiger partial charge in [0, 0.05) is 29.5 Å². The van der Waals surface area contributed by atoms with E-state index in [2.05, 4.69) is 23.0 Å². The third-order valence-corrected chi connectivity index (χ3v) is 5.20. The van der Waals surface area contributed by atoms with Crippen molar-refractivity contribution in [3.05, 3.63) is 46.8 Å². The molecule has 1 aromatic heterocycles. The van der Waals surface area contributed by atoms with Crippen LogP contribution < -0.4 is 4.90 Å². The summed E-state index contributed by atoms with van der Waals surface area (Å²) in [5.74, 6) is 0.181. The highest BCUT2D eigenvalue weighted by Crippen LogP contribution is 2.32. The van der Waals surface area contributed by atoms with Gasteiger partial charge in [0.15, 0.2) is 5.16 Å². The van der Waals surface area contributed by atoms with Crippen LogP contribution in [0.25, 0.3) is 0 Å². The molecule has 24 heavy (non-hydrogen) atoms. The zero-order chi connectivity index (χ0) is 17.3. The minimum absolute atomic E-state index is 0.181. The van der Waals surface area contributed by atoms with E-state index in [9.17, 15) is 4.79 Å². The van der Waals surface area contributed by atoms with E-state index in [1.165, 1.54) is 5.56 Å². The molecule has 3 rings (SSSR count). The number of benzene rings is 1. The van der Waals surface area contributed by atoms with Gasteiger partial charge in [-0.15, -0.1) is 0 Å². The Balaban J connectivity index is 1.75. The maximum atomic E-state index is 12.8. The van der Waals surface area contributed by atoms with Crippen LogP contribution in [0.5, 0.6) is 0 Å². The van der Waals surface area contributed by atoms with Crippen molar-refractivity contribution in [3.63, 3.8) is 0 Å². The van der Waals surface area contributed by atoms with Gasteiger partial charge in [-0.3, -0.25) is 4.79 Å². The molecule has 0 N–H and O–H groups in total. The van der Waals surface area contributed by atoms with E-state index in [0.717, 1.165) is 34.2 Å². The zero-order valence-electron chi connectivity index (χ0n) is 14.7. The molecule has 1 amide bonds. The van der Waals surface area contributed by atoms with Gasteiger partial charge < -0.3 is 4.90 Å². The minimum Gasteiger partial charge on any atom is -0.309 e. The third kappa shape index (κ3) is 3.18. The summed E-state index contributed by atoms with van der Waals surface area (Å²) in [5, 5.41) is 0.794. The Morgan fingerprint density at radius 1 is 1.25 bits per heavy atom. The highest BCUT2D eigenvalue weighted by atomic mass is 32.2. The number of para-hydroxylation sites is 1. The summed E-state index contributed by atoms with van der Waals surface area (Å²) in [4.78, 5) is 23.8. The molecule has 4 nitrogen and oxygen atoms in total. The Morgan fingerprint density at radius 2 is 1.92 bits per heavy atom. The van der Waals surface area contributed by atoms with E-state index in [0.29, 0.717) is 12.8 Å². The first-order valence-corrected chi connectivity index (χ1v) is 9.51. The molecule has 0 aliphatic carbocycles. The first-order valence-electron chi connectivity index (χ1n) is 8.29. The number of thioether (sulfide) groups is 1. The lowest BCUT2D eigenvalue weighted by molar-refractivity contribution is -0.118. The average molecular weight is 341 g/mol. The highest BCUT2D eigenvalue weighted by Gasteiger charge is 2.30. The van der Waals surface area contributed by atoms with Gasteiger partial charge >= 0.3 is 0 Å². The number of amides is 1. The number of aryl methyl sites for hydroxylation is 2. The Morgan fingerprint density at radius 3 is 2.58 bits per heavy atom. The van der Waals surface area contributed by atoms with Crippen molar-refractivity contribution in [2.75, 3.05) is 11.2 Å². The standard InChI is InChI=1S/C19H23N3OS/c1-12-11-15-7-5-6-8-17(15)22(12)18(23)10-9-16-13(2)20-19(24-4)21-14(16)3/h5-8,12H,9-11H2,1-4H3. The number of carbonyl (C=O) groups is 1. The normalized spacial score (nSPS) is 16.3. The Bertz CT molecular complexity index is 752. The molecule has 0 saturated heterocycles. The second kappa shape index (κ2) is 6.93. The van der Waals surface area contributed by atoms with Crippen LogP contribution in [0, 0.1) is 13.8 Å². The fraction of sp³-hybridized carbons (Fsp3) is 0.421. The number of anilines is 1. The van der Waals surface area contributed by atoms with E-state index in [1.54, 1.807) is 11.8 Å². The molecule has 1 aromatic carbocycles. The van der Waals surface area contributed by atoms with E-state index in [-0.39, 0.29) is 11.9 Å². The quantitative estimate of drug-likeness (QED) is 0.628. The van der Waals surface area contributed by atoms with Crippen LogP contribution in [0.1, 0.15) is 35.9 Å². The largest absolute Gasteiger partial charge is 0.309 e. The van der Waals surface area contributed by atoms with Crippen LogP contribution >= 0.6 is 11.8 Å². The smallest absolute Gasteiger partial charge is 0.227 e. The predicted octanol–water partition coefficient (Wildman–Crippen LogP) is 3.73. The minimum atomic E-state index is 0.181. The SMILES string of the molecule is CSc1nc(C)c(CCC(=O)N2c3ccccc3CC2C)c(C)n1. The third-order valence-electron chi connectivity index (χ3n) is 4.65. The summed E-state index contributed by atoms with van der Waals surface area (Å²) in [6.07, 6.45) is 4.09. The summed E-state index contributed by atoms with van der Waals surface area (Å²) < 4.78 is 0. The van der Waals surface area contributed by atoms with Gasteiger partial charge in [0.05, 0.1) is 0 Å². The summed E-state index contributed by atoms with van der Waals surface area (Å²) in [6.45, 7) is 6.12. The molecule has 1 unspecified atom stereocenters. The van der Waals surface area contributed by atoms with E-state index in [1.807, 2.05) is 43.2 Å². The van der Waals surface area contributed by atoms with Crippen LogP contribution in [-0.4, -0.2) is 28.2 Å². The van der Waals surface area contributed by atoms with Crippen molar-refractivity contribution in [1.29, 1.82) is 0 Å². The molecule has 1 aliphatic heterocycles. The summed E-state index contributed by atoms with van der Waals surface area (Å²) in [6, 6.07) is 8.43. The first-order chi connectivity index (χ1) is 11.5. The van der Waals surface area contributed by atoms with Gasteiger partial charge in [-0.25, -0.2) is 9.97 Å². The van der Waals surface area contributed by atoms with E-state index < -0.39 is 0 Å². The Kier molecular flexibility index (Phi) is 4.90. The molecule has 0 fully saturated rings. The van der Waals surface area contributed by atoms with Crippen molar-refractivity contribution in [2.24, 2.45) is 0 Å². The number of nitrogens with zero attached hydrogens (tertiary/aromatic N) is 3. The molecule has 126 valence electrons. The van der Waals surface area contributed by atoms with Crippen LogP contribution in [0.2, 0.25) is 0 Å². The van der Waals surface area contributed by atoms with Gasteiger partial charge in [-0.2, -0.15) is 0 Å². The lowest BCUT2D eigenvalue weighted by atomic mass is 10.1. The van der Waals surface area contributed by atoms with Gasteiger partial charge in [0.25, 0.3) is 0 Å².